The summed E-state index contributed by atoms with van der Waals surface area (Å²) in [4.78, 5) is 1.39. The molecular weight excluding hydrogens is 176 g/mol. The van der Waals surface area contributed by atoms with Crippen molar-refractivity contribution in [1.82, 2.24) is 0 Å². The molecule has 0 aliphatic rings. The fourth-order valence-corrected chi connectivity index (χ4v) is 2.19. The van der Waals surface area contributed by atoms with E-state index < -0.39 is 0 Å². The topological polar surface area (TPSA) is 0 Å². The van der Waals surface area contributed by atoms with Crippen molar-refractivity contribution in [2.45, 2.75) is 26.7 Å². The Morgan fingerprint density at radius 1 is 1.27 bits per heavy atom. The van der Waals surface area contributed by atoms with Crippen LogP contribution in [0.4, 0.5) is 0 Å². The van der Waals surface area contributed by atoms with Gasteiger partial charge in [-0.2, -0.15) is 0 Å². The molecule has 0 N–H and O–H groups in total. The van der Waals surface area contributed by atoms with Crippen LogP contribution in [0.1, 0.15) is 31.6 Å². The van der Waals surface area contributed by atoms with Gasteiger partial charge in [-0.05, 0) is 24.0 Å². The lowest BCUT2D eigenvalue weighted by atomic mass is 9.97. The van der Waals surface area contributed by atoms with Gasteiger partial charge < -0.3 is 0 Å². The molecule has 62 valence electrons. The van der Waals surface area contributed by atoms with Gasteiger partial charge in [-0.3, -0.25) is 0 Å². The largest absolute Gasteiger partial charge is 0.128 e. The molecule has 1 heterocycles. The average molecular weight is 189 g/mol. The summed E-state index contributed by atoms with van der Waals surface area (Å²) in [7, 11) is 0. The Morgan fingerprint density at radius 3 is 2.27 bits per heavy atom. The number of rotatable bonds is 2. The van der Waals surface area contributed by atoms with Crippen molar-refractivity contribution < 1.29 is 0 Å². The molecule has 0 nitrogen and oxygen atoms in total. The molecule has 0 aromatic carbocycles. The first-order valence-electron chi connectivity index (χ1n) is 3.86. The first-order valence-corrected chi connectivity index (χ1v) is 5.06. The third-order valence-electron chi connectivity index (χ3n) is 2.04. The van der Waals surface area contributed by atoms with Gasteiger partial charge in [-0.1, -0.05) is 32.4 Å². The standard InChI is InChI=1S/C9H13ClS/c1-6(2)7(3)8-4-5-9(10)11-8/h4-7H,1-3H3. The van der Waals surface area contributed by atoms with Crippen molar-refractivity contribution in [3.63, 3.8) is 0 Å². The van der Waals surface area contributed by atoms with E-state index in [9.17, 15) is 0 Å². The maximum Gasteiger partial charge on any atom is 0.0931 e. The van der Waals surface area contributed by atoms with E-state index in [0.717, 1.165) is 4.34 Å². The lowest BCUT2D eigenvalue weighted by Gasteiger charge is -2.12. The van der Waals surface area contributed by atoms with Gasteiger partial charge in [0.15, 0.2) is 0 Å². The van der Waals surface area contributed by atoms with E-state index >= 15 is 0 Å². The van der Waals surface area contributed by atoms with Gasteiger partial charge in [-0.25, -0.2) is 0 Å². The lowest BCUT2D eigenvalue weighted by molar-refractivity contribution is 0.542. The molecular formula is C9H13ClS. The highest BCUT2D eigenvalue weighted by Crippen LogP contribution is 2.31. The first kappa shape index (κ1) is 9.08. The zero-order chi connectivity index (χ0) is 8.43. The second-order valence-corrected chi connectivity index (χ2v) is 4.92. The summed E-state index contributed by atoms with van der Waals surface area (Å²) in [5.41, 5.74) is 0. The van der Waals surface area contributed by atoms with Crippen LogP contribution in [0.25, 0.3) is 0 Å². The van der Waals surface area contributed by atoms with Gasteiger partial charge in [0.2, 0.25) is 0 Å². The van der Waals surface area contributed by atoms with Crippen molar-refractivity contribution in [2.24, 2.45) is 5.92 Å². The summed E-state index contributed by atoms with van der Waals surface area (Å²) in [5, 5.41) is 0. The molecule has 0 saturated carbocycles. The minimum absolute atomic E-state index is 0.632. The molecule has 0 bridgehead atoms. The number of hydrogen-bond acceptors (Lipinski definition) is 1. The molecule has 0 saturated heterocycles. The first-order chi connectivity index (χ1) is 5.11. The van der Waals surface area contributed by atoms with Crippen LogP contribution < -0.4 is 0 Å². The van der Waals surface area contributed by atoms with E-state index in [2.05, 4.69) is 26.8 Å². The fourth-order valence-electron chi connectivity index (χ4n) is 0.902. The number of halogens is 1. The molecule has 0 fully saturated rings. The van der Waals surface area contributed by atoms with E-state index in [0.29, 0.717) is 11.8 Å². The highest BCUT2D eigenvalue weighted by Gasteiger charge is 2.11. The van der Waals surface area contributed by atoms with Crippen LogP contribution in [0.2, 0.25) is 4.34 Å². The van der Waals surface area contributed by atoms with Crippen LogP contribution in [-0.2, 0) is 0 Å². The van der Waals surface area contributed by atoms with E-state index in [1.54, 1.807) is 11.3 Å². The molecule has 2 heteroatoms. The highest BCUT2D eigenvalue weighted by molar-refractivity contribution is 7.16. The predicted octanol–water partition coefficient (Wildman–Crippen LogP) is 4.16. The minimum atomic E-state index is 0.632. The van der Waals surface area contributed by atoms with Crippen LogP contribution in [0.15, 0.2) is 12.1 Å². The Labute approximate surface area is 77.2 Å². The fraction of sp³-hybridized carbons (Fsp3) is 0.556. The van der Waals surface area contributed by atoms with Gasteiger partial charge in [0.25, 0.3) is 0 Å². The van der Waals surface area contributed by atoms with Crippen molar-refractivity contribution in [3.05, 3.63) is 21.3 Å². The van der Waals surface area contributed by atoms with Gasteiger partial charge in [0, 0.05) is 4.88 Å². The summed E-state index contributed by atoms with van der Waals surface area (Å²) < 4.78 is 0.896. The molecule has 11 heavy (non-hydrogen) atoms. The van der Waals surface area contributed by atoms with Gasteiger partial charge in [-0.15, -0.1) is 11.3 Å². The molecule has 0 aliphatic carbocycles. The van der Waals surface area contributed by atoms with E-state index in [-0.39, 0.29) is 0 Å². The Hall–Kier alpha value is -0.0100. The SMILES string of the molecule is CC(C)C(C)c1ccc(Cl)s1. The molecule has 0 spiro atoms. The quantitative estimate of drug-likeness (QED) is 0.654. The molecule has 1 aromatic heterocycles. The monoisotopic (exact) mass is 188 g/mol. The second-order valence-electron chi connectivity index (χ2n) is 3.17. The third kappa shape index (κ3) is 2.21. The summed E-state index contributed by atoms with van der Waals surface area (Å²) in [6.07, 6.45) is 0. The highest BCUT2D eigenvalue weighted by atomic mass is 35.5. The van der Waals surface area contributed by atoms with Crippen LogP contribution in [0, 0.1) is 5.92 Å². The van der Waals surface area contributed by atoms with Gasteiger partial charge >= 0.3 is 0 Å². The molecule has 0 aliphatic heterocycles. The van der Waals surface area contributed by atoms with Crippen LogP contribution >= 0.6 is 22.9 Å². The zero-order valence-electron chi connectivity index (χ0n) is 7.10. The van der Waals surface area contributed by atoms with Gasteiger partial charge in [0.05, 0.1) is 4.34 Å². The van der Waals surface area contributed by atoms with Crippen LogP contribution in [-0.4, -0.2) is 0 Å². The lowest BCUT2D eigenvalue weighted by Crippen LogP contribution is -1.98. The maximum atomic E-state index is 5.83. The normalized spacial score (nSPS) is 13.9. The Balaban J connectivity index is 2.76. The number of hydrogen-bond donors (Lipinski definition) is 0. The molecule has 1 unspecified atom stereocenters. The summed E-state index contributed by atoms with van der Waals surface area (Å²) in [6, 6.07) is 4.10. The molecule has 0 amide bonds. The van der Waals surface area contributed by atoms with E-state index in [1.165, 1.54) is 4.88 Å². The minimum Gasteiger partial charge on any atom is -0.128 e. The summed E-state index contributed by atoms with van der Waals surface area (Å²) >= 11 is 7.52. The predicted molar refractivity (Wildman–Crippen MR) is 52.6 cm³/mol. The Morgan fingerprint density at radius 2 is 1.91 bits per heavy atom. The Bertz CT molecular complexity index is 227. The number of thiophene rings is 1. The smallest absolute Gasteiger partial charge is 0.0931 e. The van der Waals surface area contributed by atoms with Crippen molar-refractivity contribution in [1.29, 1.82) is 0 Å². The Kier molecular flexibility index (Phi) is 2.97. The summed E-state index contributed by atoms with van der Waals surface area (Å²) in [6.45, 7) is 6.71. The van der Waals surface area contributed by atoms with Crippen LogP contribution in [0.5, 0.6) is 0 Å². The van der Waals surface area contributed by atoms with Gasteiger partial charge in [0.1, 0.15) is 0 Å². The zero-order valence-corrected chi connectivity index (χ0v) is 8.67. The van der Waals surface area contributed by atoms with E-state index in [4.69, 9.17) is 11.6 Å². The molecule has 1 rings (SSSR count). The van der Waals surface area contributed by atoms with Crippen LogP contribution in [0.3, 0.4) is 0 Å². The molecule has 1 atom stereocenters. The third-order valence-corrected chi connectivity index (χ3v) is 3.47. The average Bonchev–Trinajstić information content (AvgIpc) is 2.34. The van der Waals surface area contributed by atoms with Crippen molar-refractivity contribution in [3.8, 4) is 0 Å². The van der Waals surface area contributed by atoms with Crippen molar-refractivity contribution in [2.75, 3.05) is 0 Å². The van der Waals surface area contributed by atoms with E-state index in [1.807, 2.05) is 6.07 Å². The summed E-state index contributed by atoms with van der Waals surface area (Å²) in [5.74, 6) is 1.33. The molecule has 0 radical (unpaired) electrons. The maximum absolute atomic E-state index is 5.83. The van der Waals surface area contributed by atoms with Crippen molar-refractivity contribution >= 4 is 22.9 Å². The molecule has 1 aromatic rings. The second kappa shape index (κ2) is 3.59.